The number of nitrogens with two attached hydrogens (primary N) is 2. The minimum Gasteiger partial charge on any atom is -0.368 e. The Morgan fingerprint density at radius 2 is 2.25 bits per heavy atom. The molecule has 0 spiro atoms. The third-order valence-electron chi connectivity index (χ3n) is 3.75. The van der Waals surface area contributed by atoms with Crippen molar-refractivity contribution in [2.45, 2.75) is 38.8 Å². The number of hydrogen-bond donors (Lipinski definition) is 2. The molecule has 7 heteroatoms. The lowest BCUT2D eigenvalue weighted by Crippen LogP contribution is -2.43. The summed E-state index contributed by atoms with van der Waals surface area (Å²) >= 11 is 0. The number of hydrogen-bond acceptors (Lipinski definition) is 4. The highest BCUT2D eigenvalue weighted by atomic mass is 16.2. The van der Waals surface area contributed by atoms with Crippen molar-refractivity contribution in [2.75, 3.05) is 13.1 Å². The molecule has 1 atom stereocenters. The fraction of sp³-hybridized carbons (Fsp3) is 0.615. The Bertz CT molecular complexity index is 511. The number of amides is 2. The van der Waals surface area contributed by atoms with Crippen LogP contribution in [0.3, 0.4) is 0 Å². The predicted molar refractivity (Wildman–Crippen MR) is 73.9 cm³/mol. The van der Waals surface area contributed by atoms with E-state index >= 15 is 0 Å². The van der Waals surface area contributed by atoms with Crippen molar-refractivity contribution in [3.05, 3.63) is 17.5 Å². The normalized spacial score (nSPS) is 18.5. The van der Waals surface area contributed by atoms with Crippen LogP contribution in [0.1, 0.15) is 35.3 Å². The summed E-state index contributed by atoms with van der Waals surface area (Å²) in [7, 11) is 0. The number of rotatable bonds is 5. The van der Waals surface area contributed by atoms with E-state index in [0.29, 0.717) is 31.6 Å². The van der Waals surface area contributed by atoms with Crippen LogP contribution >= 0.6 is 0 Å². The van der Waals surface area contributed by atoms with E-state index in [1.807, 2.05) is 6.92 Å². The van der Waals surface area contributed by atoms with Crippen molar-refractivity contribution < 1.29 is 9.59 Å². The number of carbonyl (C=O) groups is 2. The molecule has 1 unspecified atom stereocenters. The second kappa shape index (κ2) is 6.04. The molecular formula is C13H21N5O2. The van der Waals surface area contributed by atoms with E-state index in [4.69, 9.17) is 11.5 Å². The van der Waals surface area contributed by atoms with E-state index in [0.717, 1.165) is 18.5 Å². The van der Waals surface area contributed by atoms with Gasteiger partial charge in [-0.3, -0.25) is 14.3 Å². The largest absolute Gasteiger partial charge is 0.368 e. The minimum absolute atomic E-state index is 0.164. The second-order valence-electron chi connectivity index (χ2n) is 5.07. The summed E-state index contributed by atoms with van der Waals surface area (Å²) in [5, 5.41) is 4.21. The summed E-state index contributed by atoms with van der Waals surface area (Å²) in [6.07, 6.45) is 3.81. The molecule has 2 amide bonds. The van der Waals surface area contributed by atoms with E-state index in [-0.39, 0.29) is 5.91 Å². The lowest BCUT2D eigenvalue weighted by atomic mass is 10.2. The minimum atomic E-state index is -0.491. The highest BCUT2D eigenvalue weighted by Crippen LogP contribution is 2.21. The number of likely N-dealkylation sites (tertiary alicyclic amines) is 1. The maximum absolute atomic E-state index is 12.5. The number of primary amides is 1. The average molecular weight is 279 g/mol. The smallest absolute Gasteiger partial charge is 0.258 e. The summed E-state index contributed by atoms with van der Waals surface area (Å²) in [6.45, 7) is 3.69. The first-order valence-corrected chi connectivity index (χ1v) is 6.89. The van der Waals surface area contributed by atoms with Crippen LogP contribution < -0.4 is 11.5 Å². The van der Waals surface area contributed by atoms with Crippen molar-refractivity contribution in [3.8, 4) is 0 Å². The third-order valence-corrected chi connectivity index (χ3v) is 3.75. The molecule has 2 heterocycles. The van der Waals surface area contributed by atoms with Crippen LogP contribution in [-0.4, -0.2) is 45.6 Å². The first-order chi connectivity index (χ1) is 9.56. The third kappa shape index (κ3) is 2.67. The van der Waals surface area contributed by atoms with E-state index < -0.39 is 11.9 Å². The average Bonchev–Trinajstić information content (AvgIpc) is 3.02. The Hall–Kier alpha value is -1.89. The number of nitrogens with zero attached hydrogens (tertiary/aromatic N) is 3. The Labute approximate surface area is 117 Å². The standard InChI is InChI=1S/C13H21N5O2/c1-9-10(8-16-18(9)7-3-5-14)13(20)17-6-2-4-11(17)12(15)19/h8,11H,2-7,14H2,1H3,(H2,15,19). The van der Waals surface area contributed by atoms with Crippen LogP contribution in [0.25, 0.3) is 0 Å². The Morgan fingerprint density at radius 1 is 1.50 bits per heavy atom. The molecule has 0 bridgehead atoms. The van der Waals surface area contributed by atoms with Crippen molar-refractivity contribution in [2.24, 2.45) is 11.5 Å². The molecule has 110 valence electrons. The second-order valence-corrected chi connectivity index (χ2v) is 5.07. The van der Waals surface area contributed by atoms with Gasteiger partial charge in [0.2, 0.25) is 5.91 Å². The summed E-state index contributed by atoms with van der Waals surface area (Å²) < 4.78 is 1.77. The molecule has 1 aromatic heterocycles. The van der Waals surface area contributed by atoms with Gasteiger partial charge >= 0.3 is 0 Å². The lowest BCUT2D eigenvalue weighted by Gasteiger charge is -2.21. The molecule has 1 saturated heterocycles. The maximum Gasteiger partial charge on any atom is 0.258 e. The van der Waals surface area contributed by atoms with Gasteiger partial charge in [-0.2, -0.15) is 5.10 Å². The van der Waals surface area contributed by atoms with Gasteiger partial charge < -0.3 is 16.4 Å². The van der Waals surface area contributed by atoms with Crippen molar-refractivity contribution in [3.63, 3.8) is 0 Å². The molecule has 0 radical (unpaired) electrons. The SMILES string of the molecule is Cc1c(C(=O)N2CCCC2C(N)=O)cnn1CCCN. The summed E-state index contributed by atoms with van der Waals surface area (Å²) in [4.78, 5) is 25.4. The fourth-order valence-electron chi connectivity index (χ4n) is 2.58. The summed E-state index contributed by atoms with van der Waals surface area (Å²) in [6, 6.07) is -0.491. The lowest BCUT2D eigenvalue weighted by molar-refractivity contribution is -0.121. The monoisotopic (exact) mass is 279 g/mol. The molecule has 0 aromatic carbocycles. The van der Waals surface area contributed by atoms with Gasteiger partial charge in [0.05, 0.1) is 11.8 Å². The summed E-state index contributed by atoms with van der Waals surface area (Å²) in [5.74, 6) is -0.605. The Morgan fingerprint density at radius 3 is 2.90 bits per heavy atom. The van der Waals surface area contributed by atoms with Crippen LogP contribution in [0, 0.1) is 6.92 Å². The van der Waals surface area contributed by atoms with Gasteiger partial charge in [0.1, 0.15) is 6.04 Å². The van der Waals surface area contributed by atoms with Crippen LogP contribution in [0.15, 0.2) is 6.20 Å². The zero-order chi connectivity index (χ0) is 14.7. The molecule has 2 rings (SSSR count). The molecule has 1 aliphatic heterocycles. The maximum atomic E-state index is 12.5. The highest BCUT2D eigenvalue weighted by molar-refractivity contribution is 5.98. The number of aryl methyl sites for hydroxylation is 1. The van der Waals surface area contributed by atoms with Crippen molar-refractivity contribution >= 4 is 11.8 Å². The predicted octanol–water partition coefficient (Wildman–Crippen LogP) is -0.370. The van der Waals surface area contributed by atoms with E-state index in [9.17, 15) is 9.59 Å². The van der Waals surface area contributed by atoms with Crippen molar-refractivity contribution in [1.29, 1.82) is 0 Å². The Kier molecular flexibility index (Phi) is 4.39. The molecule has 0 aliphatic carbocycles. The first-order valence-electron chi connectivity index (χ1n) is 6.89. The van der Waals surface area contributed by atoms with Crippen molar-refractivity contribution in [1.82, 2.24) is 14.7 Å². The van der Waals surface area contributed by atoms with E-state index in [1.165, 1.54) is 0 Å². The summed E-state index contributed by atoms with van der Waals surface area (Å²) in [5.41, 5.74) is 12.2. The van der Waals surface area contributed by atoms with Gasteiger partial charge in [-0.15, -0.1) is 0 Å². The highest BCUT2D eigenvalue weighted by Gasteiger charge is 2.34. The molecule has 0 saturated carbocycles. The quantitative estimate of drug-likeness (QED) is 0.766. The van der Waals surface area contributed by atoms with Gasteiger partial charge in [0.25, 0.3) is 5.91 Å². The van der Waals surface area contributed by atoms with Gasteiger partial charge in [-0.25, -0.2) is 0 Å². The van der Waals surface area contributed by atoms with Crippen LogP contribution in [-0.2, 0) is 11.3 Å². The van der Waals surface area contributed by atoms with E-state index in [2.05, 4.69) is 5.10 Å². The zero-order valence-electron chi connectivity index (χ0n) is 11.7. The molecule has 20 heavy (non-hydrogen) atoms. The van der Waals surface area contributed by atoms with Gasteiger partial charge in [0.15, 0.2) is 0 Å². The molecule has 1 aromatic rings. The van der Waals surface area contributed by atoms with Crippen LogP contribution in [0.5, 0.6) is 0 Å². The zero-order valence-corrected chi connectivity index (χ0v) is 11.7. The molecule has 1 aliphatic rings. The van der Waals surface area contributed by atoms with Crippen LogP contribution in [0.2, 0.25) is 0 Å². The van der Waals surface area contributed by atoms with Crippen LogP contribution in [0.4, 0.5) is 0 Å². The first kappa shape index (κ1) is 14.5. The molecule has 7 nitrogen and oxygen atoms in total. The fourth-order valence-corrected chi connectivity index (χ4v) is 2.58. The van der Waals surface area contributed by atoms with Gasteiger partial charge in [-0.1, -0.05) is 0 Å². The Balaban J connectivity index is 2.17. The molecule has 4 N–H and O–H groups in total. The number of carbonyl (C=O) groups excluding carboxylic acids is 2. The molecular weight excluding hydrogens is 258 g/mol. The van der Waals surface area contributed by atoms with E-state index in [1.54, 1.807) is 15.8 Å². The topological polar surface area (TPSA) is 107 Å². The van der Waals surface area contributed by atoms with Gasteiger partial charge in [-0.05, 0) is 32.7 Å². The molecule has 1 fully saturated rings. The van der Waals surface area contributed by atoms with Gasteiger partial charge in [0, 0.05) is 18.8 Å². The number of aromatic nitrogens is 2.